The Morgan fingerprint density at radius 3 is 2.59 bits per heavy atom. The lowest BCUT2D eigenvalue weighted by atomic mass is 9.98. The lowest BCUT2D eigenvalue weighted by Crippen LogP contribution is -2.36. The van der Waals surface area contributed by atoms with Gasteiger partial charge in [-0.1, -0.05) is 19.8 Å². The molecule has 0 amide bonds. The first-order chi connectivity index (χ1) is 8.36. The maximum Gasteiger partial charge on any atom is 0.0594 e. The Balaban J connectivity index is 2.00. The van der Waals surface area contributed by atoms with Crippen molar-refractivity contribution in [1.82, 2.24) is 4.90 Å². The molecular formula is C14H29NO2. The monoisotopic (exact) mass is 243 g/mol. The summed E-state index contributed by atoms with van der Waals surface area (Å²) in [7, 11) is 1.82. The van der Waals surface area contributed by atoms with E-state index in [9.17, 15) is 0 Å². The van der Waals surface area contributed by atoms with Gasteiger partial charge in [0.1, 0.15) is 0 Å². The van der Waals surface area contributed by atoms with Crippen molar-refractivity contribution in [2.24, 2.45) is 5.92 Å². The van der Waals surface area contributed by atoms with E-state index in [4.69, 9.17) is 9.47 Å². The zero-order valence-corrected chi connectivity index (χ0v) is 11.6. The maximum absolute atomic E-state index is 5.35. The topological polar surface area (TPSA) is 21.7 Å². The van der Waals surface area contributed by atoms with Gasteiger partial charge in [0.2, 0.25) is 0 Å². The minimum atomic E-state index is 0.773. The number of ether oxygens (including phenoxy) is 2. The fraction of sp³-hybridized carbons (Fsp3) is 1.00. The lowest BCUT2D eigenvalue weighted by Gasteiger charge is -2.26. The van der Waals surface area contributed by atoms with Crippen LogP contribution in [0.5, 0.6) is 0 Å². The molecule has 0 saturated carbocycles. The van der Waals surface area contributed by atoms with Crippen molar-refractivity contribution in [3.63, 3.8) is 0 Å². The molecule has 3 heteroatoms. The summed E-state index contributed by atoms with van der Waals surface area (Å²) in [6, 6.07) is 0. The molecule has 0 N–H and O–H groups in total. The van der Waals surface area contributed by atoms with Gasteiger partial charge in [-0.25, -0.2) is 0 Å². The van der Waals surface area contributed by atoms with Gasteiger partial charge in [0.25, 0.3) is 0 Å². The molecule has 102 valence electrons. The van der Waals surface area contributed by atoms with Gasteiger partial charge in [0.05, 0.1) is 13.2 Å². The third-order valence-corrected chi connectivity index (χ3v) is 3.54. The first-order valence-corrected chi connectivity index (χ1v) is 7.15. The smallest absolute Gasteiger partial charge is 0.0594 e. The summed E-state index contributed by atoms with van der Waals surface area (Å²) in [5.74, 6) is 0.773. The van der Waals surface area contributed by atoms with Crippen LogP contribution in [0.1, 0.15) is 39.0 Å². The second kappa shape index (κ2) is 9.86. The molecule has 0 aromatic heterocycles. The molecule has 1 heterocycles. The van der Waals surface area contributed by atoms with E-state index >= 15 is 0 Å². The molecule has 3 nitrogen and oxygen atoms in total. The molecule has 1 aliphatic rings. The summed E-state index contributed by atoms with van der Waals surface area (Å²) < 4.78 is 10.6. The summed E-state index contributed by atoms with van der Waals surface area (Å²) in [5.41, 5.74) is 0. The van der Waals surface area contributed by atoms with Crippen LogP contribution in [0.4, 0.5) is 0 Å². The van der Waals surface area contributed by atoms with Crippen LogP contribution >= 0.6 is 0 Å². The predicted molar refractivity (Wildman–Crippen MR) is 71.4 cm³/mol. The van der Waals surface area contributed by atoms with Gasteiger partial charge in [-0.3, -0.25) is 4.90 Å². The number of morpholine rings is 1. The molecule has 0 spiro atoms. The Morgan fingerprint density at radius 1 is 1.18 bits per heavy atom. The molecule has 0 radical (unpaired) electrons. The Kier molecular flexibility index (Phi) is 8.67. The van der Waals surface area contributed by atoms with Crippen molar-refractivity contribution in [3.8, 4) is 0 Å². The van der Waals surface area contributed by atoms with Gasteiger partial charge in [0, 0.05) is 26.8 Å². The largest absolute Gasteiger partial charge is 0.384 e. The minimum Gasteiger partial charge on any atom is -0.384 e. The maximum atomic E-state index is 5.35. The lowest BCUT2D eigenvalue weighted by molar-refractivity contribution is 0.0368. The van der Waals surface area contributed by atoms with Crippen LogP contribution in [-0.4, -0.2) is 51.5 Å². The quantitative estimate of drug-likeness (QED) is 0.581. The number of rotatable bonds is 9. The molecule has 1 atom stereocenters. The first kappa shape index (κ1) is 14.9. The SMILES string of the molecule is CCC[C@H](CCCCN1CCOCC1)COC. The molecule has 1 rings (SSSR count). The average molecular weight is 243 g/mol. The Bertz CT molecular complexity index is 164. The van der Waals surface area contributed by atoms with Gasteiger partial charge >= 0.3 is 0 Å². The molecule has 0 aromatic carbocycles. The molecule has 1 saturated heterocycles. The fourth-order valence-corrected chi connectivity index (χ4v) is 2.55. The van der Waals surface area contributed by atoms with Crippen LogP contribution in [0.2, 0.25) is 0 Å². The zero-order chi connectivity index (χ0) is 12.3. The summed E-state index contributed by atoms with van der Waals surface area (Å²) in [5, 5.41) is 0. The number of unbranched alkanes of at least 4 members (excludes halogenated alkanes) is 1. The molecular weight excluding hydrogens is 214 g/mol. The Morgan fingerprint density at radius 2 is 1.94 bits per heavy atom. The molecule has 1 fully saturated rings. The van der Waals surface area contributed by atoms with Crippen molar-refractivity contribution in [3.05, 3.63) is 0 Å². The summed E-state index contributed by atoms with van der Waals surface area (Å²) in [6.45, 7) is 8.52. The number of nitrogens with zero attached hydrogens (tertiary/aromatic N) is 1. The van der Waals surface area contributed by atoms with Crippen molar-refractivity contribution < 1.29 is 9.47 Å². The molecule has 0 unspecified atom stereocenters. The summed E-state index contributed by atoms with van der Waals surface area (Å²) in [4.78, 5) is 2.52. The summed E-state index contributed by atoms with van der Waals surface area (Å²) >= 11 is 0. The predicted octanol–water partition coefficient (Wildman–Crippen LogP) is 2.55. The zero-order valence-electron chi connectivity index (χ0n) is 11.6. The van der Waals surface area contributed by atoms with Crippen LogP contribution in [0, 0.1) is 5.92 Å². The van der Waals surface area contributed by atoms with Crippen LogP contribution < -0.4 is 0 Å². The average Bonchev–Trinajstić information content (AvgIpc) is 2.36. The van der Waals surface area contributed by atoms with Crippen LogP contribution in [0.3, 0.4) is 0 Å². The molecule has 17 heavy (non-hydrogen) atoms. The van der Waals surface area contributed by atoms with E-state index in [1.54, 1.807) is 0 Å². The fourth-order valence-electron chi connectivity index (χ4n) is 2.55. The second-order valence-corrected chi connectivity index (χ2v) is 5.06. The van der Waals surface area contributed by atoms with Gasteiger partial charge in [-0.2, -0.15) is 0 Å². The minimum absolute atomic E-state index is 0.773. The van der Waals surface area contributed by atoms with Crippen LogP contribution in [0.25, 0.3) is 0 Å². The molecule has 0 bridgehead atoms. The Labute approximate surface area is 106 Å². The first-order valence-electron chi connectivity index (χ1n) is 7.15. The number of methoxy groups -OCH3 is 1. The molecule has 0 aromatic rings. The highest BCUT2D eigenvalue weighted by molar-refractivity contribution is 4.63. The van der Waals surface area contributed by atoms with Gasteiger partial charge in [0.15, 0.2) is 0 Å². The van der Waals surface area contributed by atoms with E-state index in [0.717, 1.165) is 38.8 Å². The van der Waals surface area contributed by atoms with Gasteiger partial charge in [-0.05, 0) is 31.7 Å². The highest BCUT2D eigenvalue weighted by Gasteiger charge is 2.10. The van der Waals surface area contributed by atoms with Crippen LogP contribution in [-0.2, 0) is 9.47 Å². The van der Waals surface area contributed by atoms with E-state index in [1.807, 2.05) is 7.11 Å². The molecule has 0 aliphatic carbocycles. The van der Waals surface area contributed by atoms with Crippen molar-refractivity contribution in [2.75, 3.05) is 46.6 Å². The van der Waals surface area contributed by atoms with E-state index in [1.165, 1.54) is 38.6 Å². The van der Waals surface area contributed by atoms with E-state index in [0.29, 0.717) is 0 Å². The number of hydrogen-bond acceptors (Lipinski definition) is 3. The standard InChI is InChI=1S/C14H29NO2/c1-3-6-14(13-16-2)7-4-5-8-15-9-11-17-12-10-15/h14H,3-13H2,1-2H3/t14-/m1/s1. The van der Waals surface area contributed by atoms with Crippen molar-refractivity contribution in [1.29, 1.82) is 0 Å². The van der Waals surface area contributed by atoms with Crippen LogP contribution in [0.15, 0.2) is 0 Å². The van der Waals surface area contributed by atoms with Crippen molar-refractivity contribution >= 4 is 0 Å². The highest BCUT2D eigenvalue weighted by atomic mass is 16.5. The Hall–Kier alpha value is -0.120. The van der Waals surface area contributed by atoms with E-state index in [2.05, 4.69) is 11.8 Å². The normalized spacial score (nSPS) is 19.4. The number of hydrogen-bond donors (Lipinski definition) is 0. The van der Waals surface area contributed by atoms with E-state index in [-0.39, 0.29) is 0 Å². The third-order valence-electron chi connectivity index (χ3n) is 3.54. The van der Waals surface area contributed by atoms with E-state index < -0.39 is 0 Å². The van der Waals surface area contributed by atoms with Gasteiger partial charge < -0.3 is 9.47 Å². The highest BCUT2D eigenvalue weighted by Crippen LogP contribution is 2.15. The molecule has 1 aliphatic heterocycles. The third kappa shape index (κ3) is 7.02. The van der Waals surface area contributed by atoms with Gasteiger partial charge in [-0.15, -0.1) is 0 Å². The second-order valence-electron chi connectivity index (χ2n) is 5.06. The summed E-state index contributed by atoms with van der Waals surface area (Å²) in [6.07, 6.45) is 6.57. The van der Waals surface area contributed by atoms with Crippen molar-refractivity contribution in [2.45, 2.75) is 39.0 Å².